The monoisotopic (exact) mass is 133 g/mol. The highest BCUT2D eigenvalue weighted by molar-refractivity contribution is 5.47. The van der Waals surface area contributed by atoms with Gasteiger partial charge in [0.15, 0.2) is 0 Å². The average molecular weight is 133 g/mol. The van der Waals surface area contributed by atoms with Crippen molar-refractivity contribution >= 4 is 6.08 Å². The second kappa shape index (κ2) is 3.06. The van der Waals surface area contributed by atoms with Crippen molar-refractivity contribution in [3.8, 4) is 0 Å². The molecule has 0 spiro atoms. The van der Waals surface area contributed by atoms with Crippen molar-refractivity contribution < 1.29 is 0 Å². The van der Waals surface area contributed by atoms with E-state index in [0.717, 1.165) is 0 Å². The van der Waals surface area contributed by atoms with E-state index in [1.54, 1.807) is 6.08 Å². The van der Waals surface area contributed by atoms with Crippen LogP contribution in [-0.4, -0.2) is 4.57 Å². The van der Waals surface area contributed by atoms with Gasteiger partial charge in [-0.1, -0.05) is 18.7 Å². The number of nitrogens with zero attached hydrogens (tertiary/aromatic N) is 1. The molecule has 10 heavy (non-hydrogen) atoms. The number of aromatic nitrogens is 1. The first-order valence-electron chi connectivity index (χ1n) is 3.25. The van der Waals surface area contributed by atoms with E-state index >= 15 is 0 Å². The Morgan fingerprint density at radius 2 is 2.40 bits per heavy atom. The van der Waals surface area contributed by atoms with Gasteiger partial charge >= 0.3 is 0 Å². The van der Waals surface area contributed by atoms with Crippen molar-refractivity contribution in [3.05, 3.63) is 42.8 Å². The molecule has 0 aromatic carbocycles. The third-order valence-corrected chi connectivity index (χ3v) is 1.39. The maximum Gasteiger partial charge on any atom is 0.0404 e. The maximum atomic E-state index is 3.59. The zero-order chi connectivity index (χ0) is 7.40. The third kappa shape index (κ3) is 1.38. The lowest BCUT2D eigenvalue weighted by Gasteiger charge is -1.92. The lowest BCUT2D eigenvalue weighted by Crippen LogP contribution is -1.85. The van der Waals surface area contributed by atoms with Crippen molar-refractivity contribution in [1.82, 2.24) is 4.57 Å². The molecule has 0 unspecified atom stereocenters. The van der Waals surface area contributed by atoms with E-state index < -0.39 is 0 Å². The Hall–Kier alpha value is -1.24. The highest BCUT2D eigenvalue weighted by Gasteiger charge is 1.86. The molecule has 0 N–H and O–H groups in total. The predicted molar refractivity (Wildman–Crippen MR) is 44.6 cm³/mol. The van der Waals surface area contributed by atoms with Crippen LogP contribution in [0.15, 0.2) is 37.1 Å². The molecule has 0 aliphatic rings. The highest BCUT2D eigenvalue weighted by Crippen LogP contribution is 2.01. The standard InChI is InChI=1S/C9H11N/c1-3-4-6-9-7-5-8-10(9)2/h3-8H,1H2,2H3/b6-4-. The summed E-state index contributed by atoms with van der Waals surface area (Å²) >= 11 is 0. The van der Waals surface area contributed by atoms with E-state index in [2.05, 4.69) is 17.2 Å². The van der Waals surface area contributed by atoms with E-state index in [9.17, 15) is 0 Å². The summed E-state index contributed by atoms with van der Waals surface area (Å²) in [4.78, 5) is 0. The molecule has 0 atom stereocenters. The molecule has 0 aliphatic heterocycles. The topological polar surface area (TPSA) is 4.93 Å². The molecule has 0 bridgehead atoms. The van der Waals surface area contributed by atoms with Crippen molar-refractivity contribution in [1.29, 1.82) is 0 Å². The van der Waals surface area contributed by atoms with Crippen molar-refractivity contribution in [2.24, 2.45) is 7.05 Å². The van der Waals surface area contributed by atoms with Crippen LogP contribution in [-0.2, 0) is 7.05 Å². The molecule has 52 valence electrons. The Morgan fingerprint density at radius 3 is 2.90 bits per heavy atom. The smallest absolute Gasteiger partial charge is 0.0404 e. The Kier molecular flexibility index (Phi) is 2.11. The molecule has 0 saturated carbocycles. The SMILES string of the molecule is C=C/C=C\c1cccn1C. The molecule has 1 heterocycles. The number of rotatable bonds is 2. The Morgan fingerprint density at radius 1 is 1.60 bits per heavy atom. The quantitative estimate of drug-likeness (QED) is 0.545. The van der Waals surface area contributed by atoms with Crippen LogP contribution in [0.4, 0.5) is 0 Å². The fraction of sp³-hybridized carbons (Fsp3) is 0.111. The summed E-state index contributed by atoms with van der Waals surface area (Å²) in [6.07, 6.45) is 7.73. The molecule has 1 aromatic heterocycles. The van der Waals surface area contributed by atoms with Crippen molar-refractivity contribution in [3.63, 3.8) is 0 Å². The van der Waals surface area contributed by atoms with Gasteiger partial charge in [-0.2, -0.15) is 0 Å². The molecule has 0 amide bonds. The van der Waals surface area contributed by atoms with Gasteiger partial charge in [0.05, 0.1) is 0 Å². The minimum Gasteiger partial charge on any atom is -0.351 e. The largest absolute Gasteiger partial charge is 0.351 e. The van der Waals surface area contributed by atoms with Crippen LogP contribution in [0, 0.1) is 0 Å². The van der Waals surface area contributed by atoms with Gasteiger partial charge in [-0.15, -0.1) is 0 Å². The van der Waals surface area contributed by atoms with Gasteiger partial charge in [0.25, 0.3) is 0 Å². The van der Waals surface area contributed by atoms with Crippen LogP contribution in [0.25, 0.3) is 6.08 Å². The van der Waals surface area contributed by atoms with Gasteiger partial charge in [-0.05, 0) is 18.2 Å². The lowest BCUT2D eigenvalue weighted by molar-refractivity contribution is 0.915. The zero-order valence-electron chi connectivity index (χ0n) is 6.12. The zero-order valence-corrected chi connectivity index (χ0v) is 6.12. The molecule has 1 nitrogen and oxygen atoms in total. The first-order chi connectivity index (χ1) is 4.84. The van der Waals surface area contributed by atoms with Crippen LogP contribution in [0.3, 0.4) is 0 Å². The second-order valence-electron chi connectivity index (χ2n) is 2.14. The fourth-order valence-corrected chi connectivity index (χ4v) is 0.814. The van der Waals surface area contributed by atoms with E-state index in [0.29, 0.717) is 0 Å². The molecule has 0 fully saturated rings. The predicted octanol–water partition coefficient (Wildman–Crippen LogP) is 2.22. The summed E-state index contributed by atoms with van der Waals surface area (Å²) in [5.41, 5.74) is 1.19. The van der Waals surface area contributed by atoms with Gasteiger partial charge in [0.2, 0.25) is 0 Å². The summed E-state index contributed by atoms with van der Waals surface area (Å²) in [6, 6.07) is 4.07. The van der Waals surface area contributed by atoms with Crippen LogP contribution in [0.2, 0.25) is 0 Å². The first kappa shape index (κ1) is 6.87. The molecular formula is C9H11N. The highest BCUT2D eigenvalue weighted by atomic mass is 14.9. The summed E-state index contributed by atoms with van der Waals surface area (Å²) in [5.74, 6) is 0. The van der Waals surface area contributed by atoms with Crippen LogP contribution in [0.5, 0.6) is 0 Å². The van der Waals surface area contributed by atoms with Crippen LogP contribution < -0.4 is 0 Å². The van der Waals surface area contributed by atoms with Crippen molar-refractivity contribution in [2.45, 2.75) is 0 Å². The molecule has 0 saturated heterocycles. The Balaban J connectivity index is 2.83. The summed E-state index contributed by atoms with van der Waals surface area (Å²) in [6.45, 7) is 3.59. The second-order valence-corrected chi connectivity index (χ2v) is 2.14. The third-order valence-electron chi connectivity index (χ3n) is 1.39. The van der Waals surface area contributed by atoms with E-state index in [4.69, 9.17) is 0 Å². The molecular weight excluding hydrogens is 122 g/mol. The average Bonchev–Trinajstić information content (AvgIpc) is 2.31. The maximum absolute atomic E-state index is 3.59. The number of hydrogen-bond donors (Lipinski definition) is 0. The van der Waals surface area contributed by atoms with E-state index in [1.165, 1.54) is 5.69 Å². The van der Waals surface area contributed by atoms with Gasteiger partial charge in [0, 0.05) is 18.9 Å². The Bertz CT molecular complexity index is 243. The molecule has 1 aromatic rings. The lowest BCUT2D eigenvalue weighted by atomic mass is 10.4. The van der Waals surface area contributed by atoms with Gasteiger partial charge in [-0.25, -0.2) is 0 Å². The molecule has 0 radical (unpaired) electrons. The minimum absolute atomic E-state index is 1.19. The van der Waals surface area contributed by atoms with Gasteiger partial charge in [0.1, 0.15) is 0 Å². The van der Waals surface area contributed by atoms with Crippen LogP contribution >= 0.6 is 0 Å². The first-order valence-corrected chi connectivity index (χ1v) is 3.25. The minimum atomic E-state index is 1.19. The summed E-state index contributed by atoms with van der Waals surface area (Å²) < 4.78 is 2.06. The fourth-order valence-electron chi connectivity index (χ4n) is 0.814. The number of hydrogen-bond acceptors (Lipinski definition) is 0. The van der Waals surface area contributed by atoms with Gasteiger partial charge < -0.3 is 4.57 Å². The van der Waals surface area contributed by atoms with Crippen LogP contribution in [0.1, 0.15) is 5.69 Å². The normalized spacial score (nSPS) is 10.5. The Labute approximate surface area is 61.3 Å². The van der Waals surface area contributed by atoms with Gasteiger partial charge in [-0.3, -0.25) is 0 Å². The molecule has 0 aliphatic carbocycles. The molecule has 1 rings (SSSR count). The van der Waals surface area contributed by atoms with Crippen molar-refractivity contribution in [2.75, 3.05) is 0 Å². The number of aryl methyl sites for hydroxylation is 1. The molecule has 1 heteroatoms. The van der Waals surface area contributed by atoms with E-state index in [1.807, 2.05) is 31.5 Å². The van der Waals surface area contributed by atoms with E-state index in [-0.39, 0.29) is 0 Å². The summed E-state index contributed by atoms with van der Waals surface area (Å²) in [7, 11) is 2.02. The summed E-state index contributed by atoms with van der Waals surface area (Å²) in [5, 5.41) is 0. The number of allylic oxidation sites excluding steroid dienone is 2.